The highest BCUT2D eigenvalue weighted by molar-refractivity contribution is 7.21. The summed E-state index contributed by atoms with van der Waals surface area (Å²) in [5.74, 6) is 0.784. The summed E-state index contributed by atoms with van der Waals surface area (Å²) < 4.78 is 8.90. The molecule has 0 bridgehead atoms. The van der Waals surface area contributed by atoms with Gasteiger partial charge >= 0.3 is 5.97 Å². The average Bonchev–Trinajstić information content (AvgIpc) is 3.60. The van der Waals surface area contributed by atoms with E-state index in [0.29, 0.717) is 22.4 Å². The van der Waals surface area contributed by atoms with Crippen LogP contribution >= 0.6 is 11.3 Å². The topological polar surface area (TPSA) is 101 Å². The van der Waals surface area contributed by atoms with Gasteiger partial charge in [0.25, 0.3) is 0 Å². The smallest absolute Gasteiger partial charge is 0.345 e. The van der Waals surface area contributed by atoms with E-state index in [1.165, 1.54) is 23.3 Å². The van der Waals surface area contributed by atoms with Gasteiger partial charge in [-0.2, -0.15) is 0 Å². The molecule has 1 aliphatic heterocycles. The van der Waals surface area contributed by atoms with E-state index in [-0.39, 0.29) is 12.5 Å². The normalized spacial score (nSPS) is 16.0. The maximum Gasteiger partial charge on any atom is 0.345 e. The van der Waals surface area contributed by atoms with E-state index in [9.17, 15) is 14.7 Å². The first kappa shape index (κ1) is 26.0. The molecule has 7 rings (SSSR count). The second kappa shape index (κ2) is 10.1. The van der Waals surface area contributed by atoms with Crippen LogP contribution in [0.5, 0.6) is 0 Å². The monoisotopic (exact) mass is 568 g/mol. The summed E-state index contributed by atoms with van der Waals surface area (Å²) in [6.07, 6.45) is 6.71. The number of nitrogens with zero attached hydrogens (tertiary/aromatic N) is 4. The number of carbonyl (C=O) groups excluding carboxylic acids is 1. The summed E-state index contributed by atoms with van der Waals surface area (Å²) in [5.41, 5.74) is 6.52. The molecule has 1 N–H and O–H groups in total. The Labute approximate surface area is 241 Å². The van der Waals surface area contributed by atoms with Gasteiger partial charge in [-0.3, -0.25) is 4.79 Å². The Kier molecular flexibility index (Phi) is 6.42. The summed E-state index contributed by atoms with van der Waals surface area (Å²) in [5, 5.41) is 10.8. The second-order valence-electron chi connectivity index (χ2n) is 11.3. The fraction of sp³-hybridized carbons (Fsp3) is 0.375. The minimum Gasteiger partial charge on any atom is -0.477 e. The van der Waals surface area contributed by atoms with Crippen molar-refractivity contribution >= 4 is 44.3 Å². The van der Waals surface area contributed by atoms with Crippen LogP contribution in [0.3, 0.4) is 0 Å². The predicted molar refractivity (Wildman–Crippen MR) is 160 cm³/mol. The molecule has 4 aromatic heterocycles. The van der Waals surface area contributed by atoms with Crippen molar-refractivity contribution < 1.29 is 19.1 Å². The molecule has 2 aliphatic rings. The number of aromatic carboxylic acids is 1. The van der Waals surface area contributed by atoms with Crippen molar-refractivity contribution in [2.75, 3.05) is 13.1 Å². The first-order chi connectivity index (χ1) is 19.9. The Morgan fingerprint density at radius 1 is 1.02 bits per heavy atom. The fourth-order valence-electron chi connectivity index (χ4n) is 6.47. The highest BCUT2D eigenvalue weighted by Crippen LogP contribution is 2.47. The molecular formula is C32H32N4O4S. The molecule has 0 radical (unpaired) electrons. The van der Waals surface area contributed by atoms with Gasteiger partial charge < -0.3 is 19.0 Å². The largest absolute Gasteiger partial charge is 0.477 e. The third kappa shape index (κ3) is 4.52. The molecule has 1 aromatic carbocycles. The second-order valence-corrected chi connectivity index (χ2v) is 12.4. The first-order valence-corrected chi connectivity index (χ1v) is 15.2. The third-order valence-electron chi connectivity index (χ3n) is 8.60. The third-order valence-corrected chi connectivity index (χ3v) is 9.74. The Hall–Kier alpha value is -3.98. The van der Waals surface area contributed by atoms with Gasteiger partial charge in [0.1, 0.15) is 17.1 Å². The highest BCUT2D eigenvalue weighted by Gasteiger charge is 2.31. The standard InChI is InChI=1S/C32H32N4O4S/c1-18-30(40-19(2)33-18)24-12-9-21-15-22(10-11-23(21)34-24)29-28(20-7-4-3-5-8-20)31-25(16-26(41-31)32(38)39)36(29)17-27(37)35-13-6-14-35/h9-12,15-16,20H,3-8,13-14,17H2,1-2H3,(H,38,39). The van der Waals surface area contributed by atoms with Crippen LogP contribution in [0, 0.1) is 13.8 Å². The van der Waals surface area contributed by atoms with E-state index in [4.69, 9.17) is 9.40 Å². The van der Waals surface area contributed by atoms with E-state index < -0.39 is 5.97 Å². The number of fused-ring (bicyclic) bond motifs is 2. The Morgan fingerprint density at radius 2 is 1.83 bits per heavy atom. The predicted octanol–water partition coefficient (Wildman–Crippen LogP) is 7.17. The SMILES string of the molecule is Cc1nc(C)c(-c2ccc3cc(-c4c(C5CCCCC5)c5sc(C(=O)O)cc5n4CC(=O)N4CCC4)ccc3n2)o1. The van der Waals surface area contributed by atoms with E-state index in [1.807, 2.05) is 30.9 Å². The van der Waals surface area contributed by atoms with Gasteiger partial charge in [0.2, 0.25) is 5.91 Å². The van der Waals surface area contributed by atoms with Gasteiger partial charge in [-0.1, -0.05) is 31.4 Å². The van der Waals surface area contributed by atoms with Crippen LogP contribution < -0.4 is 0 Å². The van der Waals surface area contributed by atoms with Crippen molar-refractivity contribution in [1.29, 1.82) is 0 Å². The quantitative estimate of drug-likeness (QED) is 0.233. The van der Waals surface area contributed by atoms with Crippen LogP contribution in [-0.4, -0.2) is 49.5 Å². The van der Waals surface area contributed by atoms with Crippen LogP contribution in [0.25, 0.3) is 43.8 Å². The lowest BCUT2D eigenvalue weighted by molar-refractivity contribution is -0.135. The number of aromatic nitrogens is 3. The number of oxazole rings is 1. The van der Waals surface area contributed by atoms with Gasteiger partial charge in [0.15, 0.2) is 11.7 Å². The lowest BCUT2D eigenvalue weighted by Gasteiger charge is -2.31. The molecule has 9 heteroatoms. The van der Waals surface area contributed by atoms with E-state index in [0.717, 1.165) is 89.0 Å². The molecule has 41 heavy (non-hydrogen) atoms. The van der Waals surface area contributed by atoms with Crippen molar-refractivity contribution in [1.82, 2.24) is 19.4 Å². The van der Waals surface area contributed by atoms with Crippen molar-refractivity contribution in [2.45, 2.75) is 64.8 Å². The van der Waals surface area contributed by atoms with Gasteiger partial charge in [-0.15, -0.1) is 11.3 Å². The number of rotatable bonds is 6. The molecule has 5 aromatic rings. The minimum atomic E-state index is -0.923. The van der Waals surface area contributed by atoms with E-state index in [2.05, 4.69) is 27.8 Å². The molecule has 5 heterocycles. The van der Waals surface area contributed by atoms with Crippen molar-refractivity contribution in [2.24, 2.45) is 0 Å². The zero-order valence-electron chi connectivity index (χ0n) is 23.3. The maximum atomic E-state index is 13.3. The number of hydrogen-bond donors (Lipinski definition) is 1. The molecule has 0 unspecified atom stereocenters. The van der Waals surface area contributed by atoms with Crippen LogP contribution in [0.4, 0.5) is 0 Å². The molecule has 2 fully saturated rings. The number of benzene rings is 1. The van der Waals surface area contributed by atoms with Crippen LogP contribution in [-0.2, 0) is 11.3 Å². The zero-order valence-corrected chi connectivity index (χ0v) is 24.1. The molecule has 0 atom stereocenters. The Balaban J connectivity index is 1.40. The van der Waals surface area contributed by atoms with E-state index in [1.54, 1.807) is 6.07 Å². The number of carboxylic acid groups (broad SMARTS) is 1. The number of carboxylic acids is 1. The van der Waals surface area contributed by atoms with Gasteiger partial charge in [-0.05, 0) is 67.5 Å². The molecule has 8 nitrogen and oxygen atoms in total. The molecule has 1 amide bonds. The minimum absolute atomic E-state index is 0.0810. The van der Waals surface area contributed by atoms with Crippen molar-refractivity contribution in [3.05, 3.63) is 58.4 Å². The van der Waals surface area contributed by atoms with Gasteiger partial charge in [0, 0.05) is 25.4 Å². The number of thiophene rings is 1. The number of amides is 1. The molecule has 1 aliphatic carbocycles. The maximum absolute atomic E-state index is 13.3. The van der Waals surface area contributed by atoms with Crippen molar-refractivity contribution in [3.63, 3.8) is 0 Å². The molecule has 1 saturated carbocycles. The van der Waals surface area contributed by atoms with Crippen LogP contribution in [0.1, 0.15) is 71.3 Å². The molecular weight excluding hydrogens is 536 g/mol. The number of likely N-dealkylation sites (tertiary alicyclic amines) is 1. The summed E-state index contributed by atoms with van der Waals surface area (Å²) in [6.45, 7) is 5.52. The lowest BCUT2D eigenvalue weighted by Crippen LogP contribution is -2.43. The summed E-state index contributed by atoms with van der Waals surface area (Å²) >= 11 is 1.34. The number of aryl methyl sites for hydroxylation is 2. The lowest BCUT2D eigenvalue weighted by atomic mass is 9.83. The van der Waals surface area contributed by atoms with Crippen LogP contribution in [0.15, 0.2) is 40.8 Å². The Morgan fingerprint density at radius 3 is 2.51 bits per heavy atom. The first-order valence-electron chi connectivity index (χ1n) is 14.4. The summed E-state index contributed by atoms with van der Waals surface area (Å²) in [6, 6.07) is 12.1. The number of carbonyl (C=O) groups is 2. The fourth-order valence-corrected chi connectivity index (χ4v) is 7.59. The molecule has 0 spiro atoms. The Bertz CT molecular complexity index is 1820. The summed E-state index contributed by atoms with van der Waals surface area (Å²) in [7, 11) is 0. The molecule has 1 saturated heterocycles. The zero-order chi connectivity index (χ0) is 28.2. The van der Waals surface area contributed by atoms with Gasteiger partial charge in [0.05, 0.1) is 27.1 Å². The van der Waals surface area contributed by atoms with Crippen molar-refractivity contribution in [3.8, 4) is 22.7 Å². The highest BCUT2D eigenvalue weighted by atomic mass is 32.1. The van der Waals surface area contributed by atoms with E-state index >= 15 is 0 Å². The number of pyridine rings is 1. The number of hydrogen-bond acceptors (Lipinski definition) is 6. The van der Waals surface area contributed by atoms with Crippen LogP contribution in [0.2, 0.25) is 0 Å². The summed E-state index contributed by atoms with van der Waals surface area (Å²) in [4.78, 5) is 36.8. The van der Waals surface area contributed by atoms with Gasteiger partial charge in [-0.25, -0.2) is 14.8 Å². The average molecular weight is 569 g/mol. The molecule has 210 valence electrons.